The van der Waals surface area contributed by atoms with Crippen molar-refractivity contribution in [2.24, 2.45) is 0 Å². The van der Waals surface area contributed by atoms with Gasteiger partial charge in [-0.25, -0.2) is 0 Å². The highest BCUT2D eigenvalue weighted by Crippen LogP contribution is 2.23. The van der Waals surface area contributed by atoms with Crippen LogP contribution in [0.3, 0.4) is 0 Å². The third kappa shape index (κ3) is 3.88. The summed E-state index contributed by atoms with van der Waals surface area (Å²) in [6, 6.07) is 3.45. The van der Waals surface area contributed by atoms with Crippen LogP contribution in [0.15, 0.2) is 17.5 Å². The van der Waals surface area contributed by atoms with Gasteiger partial charge >= 0.3 is 0 Å². The van der Waals surface area contributed by atoms with E-state index in [1.807, 2.05) is 29.3 Å². The average molecular weight is 322 g/mol. The summed E-state index contributed by atoms with van der Waals surface area (Å²) >= 11 is 1.45. The number of nitrogens with zero attached hydrogens (tertiary/aromatic N) is 2. The number of carbonyl (C=O) groups excluding carboxylic acids is 2. The Labute approximate surface area is 137 Å². The molecule has 0 radical (unpaired) electrons. The second-order valence-electron chi connectivity index (χ2n) is 5.76. The maximum atomic E-state index is 12.9. The molecule has 1 aliphatic heterocycles. The number of hydrogen-bond donors (Lipinski definition) is 0. The lowest BCUT2D eigenvalue weighted by molar-refractivity contribution is -0.137. The molecule has 1 aromatic rings. The number of rotatable bonds is 6. The molecule has 1 aromatic heterocycles. The van der Waals surface area contributed by atoms with Crippen molar-refractivity contribution in [2.75, 3.05) is 19.6 Å². The molecule has 22 heavy (non-hydrogen) atoms. The summed E-state index contributed by atoms with van der Waals surface area (Å²) in [6.07, 6.45) is 4.90. The first-order chi connectivity index (χ1) is 10.7. The molecule has 0 aromatic carbocycles. The maximum Gasteiger partial charge on any atom is 0.264 e. The van der Waals surface area contributed by atoms with Gasteiger partial charge in [0, 0.05) is 19.6 Å². The summed E-state index contributed by atoms with van der Waals surface area (Å²) in [5.74, 6) is 0.139. The molecule has 4 nitrogen and oxygen atoms in total. The molecular formula is C17H26N2O2S. The summed E-state index contributed by atoms with van der Waals surface area (Å²) in [4.78, 5) is 30.0. The number of likely N-dealkylation sites (tertiary alicyclic amines) is 1. The van der Waals surface area contributed by atoms with Crippen LogP contribution in [0.25, 0.3) is 0 Å². The van der Waals surface area contributed by atoms with E-state index in [0.29, 0.717) is 6.54 Å². The summed E-state index contributed by atoms with van der Waals surface area (Å²) in [7, 11) is 0. The molecule has 1 atom stereocenters. The minimum atomic E-state index is -0.278. The number of likely N-dealkylation sites (N-methyl/N-ethyl adjacent to an activating group) is 1. The third-order valence-corrected chi connectivity index (χ3v) is 5.11. The molecule has 0 saturated carbocycles. The number of piperidine rings is 1. The molecule has 0 aliphatic carbocycles. The SMILES string of the molecule is CCCCN(CC)C(=O)C1CCCCN1C(=O)c1cccs1. The maximum absolute atomic E-state index is 12.9. The normalized spacial score (nSPS) is 18.3. The van der Waals surface area contributed by atoms with Crippen LogP contribution >= 0.6 is 11.3 Å². The minimum Gasteiger partial charge on any atom is -0.341 e. The highest BCUT2D eigenvalue weighted by molar-refractivity contribution is 7.12. The Morgan fingerprint density at radius 1 is 1.36 bits per heavy atom. The second kappa shape index (κ2) is 8.32. The van der Waals surface area contributed by atoms with Gasteiger partial charge in [0.2, 0.25) is 5.91 Å². The summed E-state index contributed by atoms with van der Waals surface area (Å²) in [5, 5.41) is 1.91. The zero-order valence-electron chi connectivity index (χ0n) is 13.6. The van der Waals surface area contributed by atoms with Gasteiger partial charge in [0.15, 0.2) is 0 Å². The van der Waals surface area contributed by atoms with E-state index in [9.17, 15) is 9.59 Å². The van der Waals surface area contributed by atoms with Crippen molar-refractivity contribution in [3.63, 3.8) is 0 Å². The van der Waals surface area contributed by atoms with Gasteiger partial charge in [0.05, 0.1) is 4.88 Å². The Balaban J connectivity index is 2.11. The Hall–Kier alpha value is -1.36. The first-order valence-electron chi connectivity index (χ1n) is 8.32. The van der Waals surface area contributed by atoms with Crippen LogP contribution in [0.4, 0.5) is 0 Å². The van der Waals surface area contributed by atoms with Gasteiger partial charge in [-0.3, -0.25) is 9.59 Å². The van der Waals surface area contributed by atoms with Crippen molar-refractivity contribution in [1.29, 1.82) is 0 Å². The fourth-order valence-corrected chi connectivity index (χ4v) is 3.64. The van der Waals surface area contributed by atoms with E-state index in [-0.39, 0.29) is 17.9 Å². The monoisotopic (exact) mass is 322 g/mol. The van der Waals surface area contributed by atoms with Gasteiger partial charge in [-0.05, 0) is 44.1 Å². The average Bonchev–Trinajstić information content (AvgIpc) is 3.09. The molecule has 0 N–H and O–H groups in total. The van der Waals surface area contributed by atoms with Crippen LogP contribution in [0.5, 0.6) is 0 Å². The van der Waals surface area contributed by atoms with E-state index in [4.69, 9.17) is 0 Å². The first kappa shape index (κ1) is 17.0. The van der Waals surface area contributed by atoms with E-state index in [1.165, 1.54) is 11.3 Å². The van der Waals surface area contributed by atoms with E-state index in [0.717, 1.165) is 50.1 Å². The predicted molar refractivity (Wildman–Crippen MR) is 90.2 cm³/mol. The van der Waals surface area contributed by atoms with Crippen molar-refractivity contribution in [3.8, 4) is 0 Å². The van der Waals surface area contributed by atoms with Gasteiger partial charge in [-0.15, -0.1) is 11.3 Å². The molecule has 122 valence electrons. The topological polar surface area (TPSA) is 40.6 Å². The van der Waals surface area contributed by atoms with Crippen molar-refractivity contribution in [2.45, 2.75) is 52.0 Å². The summed E-state index contributed by atoms with van der Waals surface area (Å²) < 4.78 is 0. The Morgan fingerprint density at radius 3 is 2.82 bits per heavy atom. The Bertz CT molecular complexity index is 487. The second-order valence-corrected chi connectivity index (χ2v) is 6.71. The minimum absolute atomic E-state index is 0.0135. The lowest BCUT2D eigenvalue weighted by Gasteiger charge is -2.37. The van der Waals surface area contributed by atoms with Crippen molar-refractivity contribution in [3.05, 3.63) is 22.4 Å². The molecule has 2 rings (SSSR count). The van der Waals surface area contributed by atoms with Crippen LogP contribution in [-0.2, 0) is 4.79 Å². The van der Waals surface area contributed by atoms with E-state index < -0.39 is 0 Å². The van der Waals surface area contributed by atoms with Gasteiger partial charge in [-0.2, -0.15) is 0 Å². The molecule has 0 spiro atoms. The molecule has 1 saturated heterocycles. The lowest BCUT2D eigenvalue weighted by atomic mass is 10.00. The third-order valence-electron chi connectivity index (χ3n) is 4.26. The van der Waals surface area contributed by atoms with E-state index in [2.05, 4.69) is 6.92 Å². The zero-order chi connectivity index (χ0) is 15.9. The van der Waals surface area contributed by atoms with Crippen LogP contribution in [0.2, 0.25) is 0 Å². The fourth-order valence-electron chi connectivity index (χ4n) is 2.96. The molecule has 0 bridgehead atoms. The molecule has 1 fully saturated rings. The number of carbonyl (C=O) groups is 2. The molecular weight excluding hydrogens is 296 g/mol. The summed E-state index contributed by atoms with van der Waals surface area (Å²) in [6.45, 7) is 6.35. The summed E-state index contributed by atoms with van der Waals surface area (Å²) in [5.41, 5.74) is 0. The standard InChI is InChI=1S/C17H26N2O2S/c1-3-5-11-18(4-2)16(20)14-9-6-7-12-19(14)17(21)15-10-8-13-22-15/h8,10,13-14H,3-7,9,11-12H2,1-2H3. The van der Waals surface area contributed by atoms with Gasteiger partial charge in [0.1, 0.15) is 6.04 Å². The molecule has 2 amide bonds. The number of thiophene rings is 1. The smallest absolute Gasteiger partial charge is 0.264 e. The number of amides is 2. The molecule has 1 unspecified atom stereocenters. The van der Waals surface area contributed by atoms with Crippen molar-refractivity contribution >= 4 is 23.2 Å². The van der Waals surface area contributed by atoms with Crippen LogP contribution in [0, 0.1) is 0 Å². The van der Waals surface area contributed by atoms with Crippen LogP contribution < -0.4 is 0 Å². The highest BCUT2D eigenvalue weighted by atomic mass is 32.1. The fraction of sp³-hybridized carbons (Fsp3) is 0.647. The van der Waals surface area contributed by atoms with Crippen molar-refractivity contribution in [1.82, 2.24) is 9.80 Å². The van der Waals surface area contributed by atoms with E-state index >= 15 is 0 Å². The Morgan fingerprint density at radius 2 is 2.18 bits per heavy atom. The first-order valence-corrected chi connectivity index (χ1v) is 9.20. The lowest BCUT2D eigenvalue weighted by Crippen LogP contribution is -2.53. The largest absolute Gasteiger partial charge is 0.341 e. The number of unbranched alkanes of at least 4 members (excludes halogenated alkanes) is 1. The molecule has 2 heterocycles. The Kier molecular flexibility index (Phi) is 6.43. The van der Waals surface area contributed by atoms with Crippen LogP contribution in [-0.4, -0.2) is 47.3 Å². The van der Waals surface area contributed by atoms with E-state index in [1.54, 1.807) is 4.90 Å². The molecule has 1 aliphatic rings. The molecule has 5 heteroatoms. The van der Waals surface area contributed by atoms with Crippen LogP contribution in [0.1, 0.15) is 55.6 Å². The predicted octanol–water partition coefficient (Wildman–Crippen LogP) is 3.39. The van der Waals surface area contributed by atoms with Gasteiger partial charge in [0.25, 0.3) is 5.91 Å². The highest BCUT2D eigenvalue weighted by Gasteiger charge is 2.34. The number of hydrogen-bond acceptors (Lipinski definition) is 3. The quantitative estimate of drug-likeness (QED) is 0.805. The van der Waals surface area contributed by atoms with Gasteiger partial charge < -0.3 is 9.80 Å². The van der Waals surface area contributed by atoms with Gasteiger partial charge in [-0.1, -0.05) is 19.4 Å². The zero-order valence-corrected chi connectivity index (χ0v) is 14.4. The van der Waals surface area contributed by atoms with Crippen molar-refractivity contribution < 1.29 is 9.59 Å².